The van der Waals surface area contributed by atoms with Crippen LogP contribution in [-0.2, 0) is 70.4 Å². The van der Waals surface area contributed by atoms with E-state index in [0.29, 0.717) is 112 Å². The van der Waals surface area contributed by atoms with E-state index in [1.807, 2.05) is 123 Å². The van der Waals surface area contributed by atoms with E-state index in [-0.39, 0.29) is 74.1 Å². The molecule has 15 heterocycles. The topological polar surface area (TPSA) is 415 Å². The van der Waals surface area contributed by atoms with Crippen molar-refractivity contribution in [1.82, 2.24) is 98.7 Å². The van der Waals surface area contributed by atoms with Crippen molar-refractivity contribution in [2.75, 3.05) is 72.1 Å². The number of carbonyl (C=O) groups excluding carboxylic acids is 5. The number of aryl methyl sites for hydroxylation is 4. The number of ether oxygens (including phenoxy) is 2. The number of fused-ring (bicyclic) bond motifs is 5. The van der Waals surface area contributed by atoms with Crippen LogP contribution in [0.4, 0.5) is 52.7 Å². The van der Waals surface area contributed by atoms with Gasteiger partial charge in [0.2, 0.25) is 0 Å². The minimum absolute atomic E-state index is 0.00275. The lowest BCUT2D eigenvalue weighted by molar-refractivity contribution is -0.252. The number of likely N-dealkylation sites (tertiary alicyclic amines) is 3. The fourth-order valence-corrected chi connectivity index (χ4v) is 18.8. The number of amides is 5. The highest BCUT2D eigenvalue weighted by Crippen LogP contribution is 2.40. The summed E-state index contributed by atoms with van der Waals surface area (Å²) in [6.45, 7) is 6.47. The SMILES string of the molecule is C[C@@H]1CN(Cc2ccc3c(-c4cnn(C)c4)cc(C(N)=O)nc3c2)C[C@@H](C(F)(F)F)O1.Cn1cc(-c2cc(C(N)=O)nc3cc(CN4CCCC(C(F)(F)F)C4)ccc23)cn1.Cn1cc(-c2cc(C(N)=O)nc3cc(CN4CCCC(F)(F)C4)ccc23)cn1.Cn1cc(-c2cc(C(N)=O)nc3cc(CN4CCCC(F)C4)ccc23)cn1.NC(=O)c1cc(-c2cn[nH]c2)c2ccc(CN3CCOC(C(F)(F)F)C3)cc2n1. The van der Waals surface area contributed by atoms with Gasteiger partial charge in [-0.3, -0.25) is 72.3 Å². The molecule has 5 amide bonds. The average molecular weight is 2010 g/mol. The number of carbonyl (C=O) groups is 5. The van der Waals surface area contributed by atoms with Gasteiger partial charge in [-0.15, -0.1) is 0 Å². The van der Waals surface area contributed by atoms with Crippen LogP contribution in [0.2, 0.25) is 0 Å². The first-order chi connectivity index (χ1) is 68.9. The summed E-state index contributed by atoms with van der Waals surface area (Å²) in [4.78, 5) is 89.8. The van der Waals surface area contributed by atoms with E-state index in [2.05, 4.69) is 60.4 Å². The maximum absolute atomic E-state index is 13.7. The van der Waals surface area contributed by atoms with E-state index in [1.165, 1.54) is 0 Å². The maximum Gasteiger partial charge on any atom is 0.415 e. The number of benzene rings is 5. The Bertz CT molecular complexity index is 7270. The van der Waals surface area contributed by atoms with Crippen LogP contribution in [0.5, 0.6) is 0 Å². The Morgan fingerprint density at radius 1 is 0.393 bits per heavy atom. The molecule has 44 heteroatoms. The molecule has 760 valence electrons. The monoisotopic (exact) mass is 2010 g/mol. The quantitative estimate of drug-likeness (QED) is 0.0386. The molecule has 5 saturated heterocycles. The van der Waals surface area contributed by atoms with Crippen LogP contribution in [0.25, 0.3) is 110 Å². The molecule has 5 aromatic carbocycles. The van der Waals surface area contributed by atoms with Gasteiger partial charge in [-0.05, 0) is 175 Å². The van der Waals surface area contributed by atoms with Crippen LogP contribution in [0.1, 0.15) is 126 Å². The number of hydrogen-bond acceptors (Lipinski definition) is 22. The third-order valence-corrected chi connectivity index (χ3v) is 25.6. The number of H-pyrrole nitrogens is 1. The van der Waals surface area contributed by atoms with Gasteiger partial charge in [0, 0.05) is 192 Å². The summed E-state index contributed by atoms with van der Waals surface area (Å²) in [5.74, 6) is -7.08. The molecule has 15 aromatic rings. The zero-order valence-electron chi connectivity index (χ0n) is 79.5. The number of nitrogens with zero attached hydrogens (tertiary/aromatic N) is 19. The highest BCUT2D eigenvalue weighted by Gasteiger charge is 2.47. The predicted molar refractivity (Wildman–Crippen MR) is 517 cm³/mol. The highest BCUT2D eigenvalue weighted by atomic mass is 19.4. The number of aromatic nitrogens is 15. The van der Waals surface area contributed by atoms with Crippen molar-refractivity contribution in [2.24, 2.45) is 62.8 Å². The number of pyridine rings is 5. The minimum Gasteiger partial charge on any atom is -0.366 e. The minimum atomic E-state index is -4.41. The second-order valence-corrected chi connectivity index (χ2v) is 37.0. The molecule has 5 aliphatic rings. The van der Waals surface area contributed by atoms with Crippen molar-refractivity contribution >= 4 is 84.1 Å². The fourth-order valence-electron chi connectivity index (χ4n) is 18.8. The van der Waals surface area contributed by atoms with Crippen LogP contribution < -0.4 is 28.7 Å². The number of hydrogen-bond donors (Lipinski definition) is 6. The van der Waals surface area contributed by atoms with Crippen molar-refractivity contribution in [3.05, 3.63) is 240 Å². The Balaban J connectivity index is 0.000000130. The van der Waals surface area contributed by atoms with E-state index < -0.39 is 84.4 Å². The number of morpholine rings is 2. The van der Waals surface area contributed by atoms with Crippen LogP contribution in [-0.4, -0.2) is 249 Å². The van der Waals surface area contributed by atoms with Crippen molar-refractivity contribution in [2.45, 2.75) is 127 Å². The molecule has 0 bridgehead atoms. The molecule has 5 atom stereocenters. The Labute approximate surface area is 822 Å². The summed E-state index contributed by atoms with van der Waals surface area (Å²) in [6.07, 6.45) is 2.34. The lowest BCUT2D eigenvalue weighted by Gasteiger charge is -2.37. The Morgan fingerprint density at radius 3 is 1.05 bits per heavy atom. The van der Waals surface area contributed by atoms with Gasteiger partial charge in [-0.2, -0.15) is 65.0 Å². The van der Waals surface area contributed by atoms with Crippen molar-refractivity contribution in [3.8, 4) is 55.6 Å². The molecule has 32 nitrogen and oxygen atoms in total. The van der Waals surface area contributed by atoms with Gasteiger partial charge in [0.25, 0.3) is 35.5 Å². The Kier molecular flexibility index (Phi) is 31.0. The second kappa shape index (κ2) is 43.5. The largest absolute Gasteiger partial charge is 0.415 e. The van der Waals surface area contributed by atoms with Gasteiger partial charge in [-0.25, -0.2) is 38.1 Å². The summed E-state index contributed by atoms with van der Waals surface area (Å²) in [6, 6.07) is 36.4. The number of halogens is 12. The van der Waals surface area contributed by atoms with E-state index in [0.717, 1.165) is 123 Å². The van der Waals surface area contributed by atoms with Gasteiger partial charge in [0.05, 0.1) is 83.7 Å². The fraction of sp³-hybridized carbons (Fsp3) is 0.356. The molecular formula is C101H105F12N25O7. The first kappa shape index (κ1) is 103. The lowest BCUT2D eigenvalue weighted by atomic mass is 9.96. The van der Waals surface area contributed by atoms with Crippen LogP contribution in [0, 0.1) is 5.92 Å². The Hall–Kier alpha value is -14.6. The number of nitrogens with two attached hydrogens (primary N) is 5. The molecule has 11 N–H and O–H groups in total. The van der Waals surface area contributed by atoms with Crippen LogP contribution in [0.15, 0.2) is 183 Å². The molecule has 3 unspecified atom stereocenters. The van der Waals surface area contributed by atoms with Gasteiger partial charge in [-0.1, -0.05) is 60.7 Å². The predicted octanol–water partition coefficient (Wildman–Crippen LogP) is 14.5. The van der Waals surface area contributed by atoms with Crippen molar-refractivity contribution in [3.63, 3.8) is 0 Å². The first-order valence-corrected chi connectivity index (χ1v) is 46.7. The van der Waals surface area contributed by atoms with E-state index in [4.69, 9.17) is 38.1 Å². The summed E-state index contributed by atoms with van der Waals surface area (Å²) in [5.41, 5.74) is 43.4. The van der Waals surface area contributed by atoms with E-state index >= 15 is 0 Å². The van der Waals surface area contributed by atoms with Gasteiger partial charge >= 0.3 is 18.5 Å². The number of rotatable bonds is 20. The summed E-state index contributed by atoms with van der Waals surface area (Å²) in [7, 11) is 7.25. The molecule has 5 aliphatic heterocycles. The average Bonchev–Trinajstić information content (AvgIpc) is 1.76. The summed E-state index contributed by atoms with van der Waals surface area (Å²) in [5, 5.41) is 27.6. The number of aromatic amines is 1. The van der Waals surface area contributed by atoms with Crippen LogP contribution >= 0.6 is 0 Å². The van der Waals surface area contributed by atoms with Crippen molar-refractivity contribution in [1.29, 1.82) is 0 Å². The molecule has 5 fully saturated rings. The van der Waals surface area contributed by atoms with E-state index in [9.17, 15) is 76.7 Å². The smallest absolute Gasteiger partial charge is 0.366 e. The highest BCUT2D eigenvalue weighted by molar-refractivity contribution is 6.05. The third-order valence-electron chi connectivity index (χ3n) is 25.6. The normalized spacial score (nSPS) is 18.4. The third kappa shape index (κ3) is 25.8. The number of primary amides is 5. The summed E-state index contributed by atoms with van der Waals surface area (Å²) < 4.78 is 175. The Morgan fingerprint density at radius 2 is 0.724 bits per heavy atom. The van der Waals surface area contributed by atoms with Gasteiger partial charge < -0.3 is 38.1 Å². The van der Waals surface area contributed by atoms with Crippen LogP contribution in [0.3, 0.4) is 0 Å². The molecule has 0 aliphatic carbocycles. The zero-order chi connectivity index (χ0) is 103. The molecule has 145 heavy (non-hydrogen) atoms. The molecule has 0 saturated carbocycles. The van der Waals surface area contributed by atoms with Gasteiger partial charge in [0.1, 0.15) is 34.6 Å². The van der Waals surface area contributed by atoms with Crippen molar-refractivity contribution < 1.29 is 86.1 Å². The second-order valence-electron chi connectivity index (χ2n) is 37.0. The maximum atomic E-state index is 13.7. The zero-order valence-corrected chi connectivity index (χ0v) is 79.5. The number of piperidine rings is 3. The molecule has 10 aromatic heterocycles. The molecule has 0 spiro atoms. The standard InChI is InChI=1S/C21H22F3N5O2.C21H22F3N5O.C20H21F2N5O.C20H22FN5O.C19H18F3N5O2/c1-12-8-29(11-19(31-12)21(22,23)24)9-13-3-4-15-16(14-7-26-28(2)10-14)6-18(20(25)30)27-17(15)5-13;1-28-11-14(9-26-28)17-8-19(20(25)30)27-18-7-13(4-5-16(17)18)10-29-6-2-3-15(12-29)21(22,23)24;1-26-11-14(9-24-26)16-8-18(19(23)28)25-17-7-13(3-4-15(16)17)10-27-6-2-5-20(21,22)12-27;1-25-11-14(9-23-25)17-8-19(20(22)27)24-18-7-13(4-5-16(17)18)10-26-6-2-3-15(21)12-26;20-19(21,22)17-10-27(3-4-29-17)9-11-1-2-13-14(12-7-24-25-8-12)6-16(18(23)28)26-15(13)5-11/h3-7,10,12,19H,8-9,11H2,1-2H3,(H2,25,30);4-5,7-9,11,15H,2-3,6,10,12H2,1H3,(H2,25,30);3-4,7-9,11H,2,5-6,10,12H2,1H3,(H2,23,28);4-5,7-9,11,15H,2-3,6,10,12H2,1H3,(H2,22,27);1-2,5-8,17H,3-4,9-10H2,(H2,23,28)(H,24,25)/t12-,19+;;;;/m1..../s1. The molecular weight excluding hydrogens is 1900 g/mol. The first-order valence-electron chi connectivity index (χ1n) is 46.7. The number of alkyl halides is 12. The molecule has 0 radical (unpaired) electrons. The van der Waals surface area contributed by atoms with E-state index in [1.54, 1.807) is 134 Å². The van der Waals surface area contributed by atoms with Gasteiger partial charge in [0.15, 0.2) is 12.2 Å². The molecule has 20 rings (SSSR count). The summed E-state index contributed by atoms with van der Waals surface area (Å²) >= 11 is 0. The lowest BCUT2D eigenvalue weighted by Crippen LogP contribution is -2.51. The number of nitrogens with one attached hydrogen (secondary N) is 1.